The molecule has 2 heterocycles. The fraction of sp³-hybridized carbons (Fsp3) is 0.632. The van der Waals surface area contributed by atoms with Gasteiger partial charge in [-0.1, -0.05) is 12.1 Å². The van der Waals surface area contributed by atoms with E-state index < -0.39 is 0 Å². The lowest BCUT2D eigenvalue weighted by molar-refractivity contribution is -0.138. The third-order valence-corrected chi connectivity index (χ3v) is 5.55. The summed E-state index contributed by atoms with van der Waals surface area (Å²) in [7, 11) is 4.09. The summed E-state index contributed by atoms with van der Waals surface area (Å²) in [6, 6.07) is 6.74. The van der Waals surface area contributed by atoms with Crippen molar-refractivity contribution < 1.29 is 9.18 Å². The average molecular weight is 333 g/mol. The number of halogens is 1. The largest absolute Gasteiger partial charge is 0.341 e. The van der Waals surface area contributed by atoms with Crippen LogP contribution >= 0.6 is 0 Å². The van der Waals surface area contributed by atoms with Gasteiger partial charge in [-0.3, -0.25) is 9.69 Å². The van der Waals surface area contributed by atoms with Crippen molar-refractivity contribution in [1.29, 1.82) is 0 Å². The van der Waals surface area contributed by atoms with Gasteiger partial charge >= 0.3 is 0 Å². The van der Waals surface area contributed by atoms with Crippen molar-refractivity contribution in [2.45, 2.75) is 25.8 Å². The Morgan fingerprint density at radius 1 is 1.08 bits per heavy atom. The van der Waals surface area contributed by atoms with Gasteiger partial charge in [0.05, 0.1) is 5.41 Å². The number of benzene rings is 1. The van der Waals surface area contributed by atoms with Crippen molar-refractivity contribution in [1.82, 2.24) is 14.7 Å². The summed E-state index contributed by atoms with van der Waals surface area (Å²) in [5, 5.41) is 0. The molecule has 0 saturated carbocycles. The highest BCUT2D eigenvalue weighted by Crippen LogP contribution is 2.41. The highest BCUT2D eigenvalue weighted by molar-refractivity contribution is 5.85. The van der Waals surface area contributed by atoms with Crippen molar-refractivity contribution in [2.24, 2.45) is 5.41 Å². The van der Waals surface area contributed by atoms with Crippen LogP contribution in [0.5, 0.6) is 0 Å². The summed E-state index contributed by atoms with van der Waals surface area (Å²) in [6.45, 7) is 5.42. The van der Waals surface area contributed by atoms with Crippen LogP contribution < -0.4 is 0 Å². The molecule has 2 fully saturated rings. The monoisotopic (exact) mass is 333 g/mol. The molecule has 132 valence electrons. The number of hydrogen-bond donors (Lipinski definition) is 0. The van der Waals surface area contributed by atoms with Gasteiger partial charge in [-0.2, -0.15) is 0 Å². The Morgan fingerprint density at radius 3 is 2.33 bits per heavy atom. The van der Waals surface area contributed by atoms with Crippen molar-refractivity contribution >= 4 is 5.91 Å². The van der Waals surface area contributed by atoms with E-state index in [2.05, 4.69) is 14.7 Å². The van der Waals surface area contributed by atoms with Crippen LogP contribution in [0.25, 0.3) is 0 Å². The number of likely N-dealkylation sites (tertiary alicyclic amines) is 2. The molecule has 3 rings (SSSR count). The maximum Gasteiger partial charge on any atom is 0.228 e. The minimum atomic E-state index is -0.189. The first-order valence-electron chi connectivity index (χ1n) is 8.89. The van der Waals surface area contributed by atoms with Crippen molar-refractivity contribution in [3.63, 3.8) is 0 Å². The molecule has 0 bridgehead atoms. The highest BCUT2D eigenvalue weighted by Gasteiger charge is 2.47. The Labute approximate surface area is 144 Å². The molecule has 2 aliphatic rings. The Hall–Kier alpha value is -1.46. The van der Waals surface area contributed by atoms with E-state index in [9.17, 15) is 9.18 Å². The summed E-state index contributed by atoms with van der Waals surface area (Å²) in [5.41, 5.74) is 1.02. The van der Waals surface area contributed by atoms with Gasteiger partial charge in [0.25, 0.3) is 0 Å². The van der Waals surface area contributed by atoms with E-state index in [4.69, 9.17) is 0 Å². The first-order valence-corrected chi connectivity index (χ1v) is 8.89. The van der Waals surface area contributed by atoms with E-state index in [1.54, 1.807) is 0 Å². The predicted molar refractivity (Wildman–Crippen MR) is 93.1 cm³/mol. The Bertz CT molecular complexity index is 564. The molecule has 2 saturated heterocycles. The van der Waals surface area contributed by atoms with Crippen molar-refractivity contribution in [2.75, 3.05) is 46.8 Å². The second-order valence-corrected chi connectivity index (χ2v) is 7.53. The lowest BCUT2D eigenvalue weighted by Gasteiger charge is -2.38. The SMILES string of the molecule is CN(C)CCN1CCC2(CCN(Cc3ccc(F)cc3)CC2)C1=O. The van der Waals surface area contributed by atoms with E-state index in [-0.39, 0.29) is 11.2 Å². The zero-order valence-electron chi connectivity index (χ0n) is 14.8. The van der Waals surface area contributed by atoms with Crippen molar-refractivity contribution in [3.05, 3.63) is 35.6 Å². The third kappa shape index (κ3) is 3.78. The van der Waals surface area contributed by atoms with Gasteiger partial charge in [0.1, 0.15) is 5.82 Å². The summed E-state index contributed by atoms with van der Waals surface area (Å²) in [5.74, 6) is 0.177. The highest BCUT2D eigenvalue weighted by atomic mass is 19.1. The van der Waals surface area contributed by atoms with Crippen LogP contribution in [0.2, 0.25) is 0 Å². The molecule has 0 aromatic heterocycles. The van der Waals surface area contributed by atoms with Crippen LogP contribution in [0.15, 0.2) is 24.3 Å². The zero-order valence-corrected chi connectivity index (χ0v) is 14.8. The molecule has 1 spiro atoms. The van der Waals surface area contributed by atoms with Gasteiger partial charge < -0.3 is 9.80 Å². The molecule has 0 radical (unpaired) electrons. The molecule has 1 amide bonds. The lowest BCUT2D eigenvalue weighted by atomic mass is 9.77. The molecular formula is C19H28FN3O. The second kappa shape index (κ2) is 7.19. The number of likely N-dealkylation sites (N-methyl/N-ethyl adjacent to an activating group) is 1. The Kier molecular flexibility index (Phi) is 5.21. The third-order valence-electron chi connectivity index (χ3n) is 5.55. The molecule has 2 aliphatic heterocycles. The summed E-state index contributed by atoms with van der Waals surface area (Å²) in [4.78, 5) is 19.4. The molecule has 0 N–H and O–H groups in total. The zero-order chi connectivity index (χ0) is 17.2. The molecule has 0 atom stereocenters. The summed E-state index contributed by atoms with van der Waals surface area (Å²) in [6.07, 6.45) is 2.90. The summed E-state index contributed by atoms with van der Waals surface area (Å²) >= 11 is 0. The lowest BCUT2D eigenvalue weighted by Crippen LogP contribution is -2.45. The number of hydrogen-bond acceptors (Lipinski definition) is 3. The van der Waals surface area contributed by atoms with Gasteiger partial charge in [-0.25, -0.2) is 4.39 Å². The molecule has 5 heteroatoms. The van der Waals surface area contributed by atoms with E-state index >= 15 is 0 Å². The van der Waals surface area contributed by atoms with Crippen LogP contribution in [-0.4, -0.2) is 67.4 Å². The van der Waals surface area contributed by atoms with Gasteiger partial charge in [0.2, 0.25) is 5.91 Å². The van der Waals surface area contributed by atoms with Crippen LogP contribution in [0.3, 0.4) is 0 Å². The number of amides is 1. The molecule has 4 nitrogen and oxygen atoms in total. The fourth-order valence-electron chi connectivity index (χ4n) is 3.88. The van der Waals surface area contributed by atoms with E-state index in [0.29, 0.717) is 5.91 Å². The van der Waals surface area contributed by atoms with Crippen LogP contribution in [0.1, 0.15) is 24.8 Å². The number of carbonyl (C=O) groups excluding carboxylic acids is 1. The minimum absolute atomic E-state index is 0.119. The molecule has 24 heavy (non-hydrogen) atoms. The van der Waals surface area contributed by atoms with E-state index in [1.807, 2.05) is 26.2 Å². The number of piperidine rings is 1. The number of rotatable bonds is 5. The first-order chi connectivity index (χ1) is 11.5. The van der Waals surface area contributed by atoms with Crippen LogP contribution in [0, 0.1) is 11.2 Å². The number of carbonyl (C=O) groups is 1. The maximum absolute atomic E-state index is 13.0. The van der Waals surface area contributed by atoms with Crippen LogP contribution in [-0.2, 0) is 11.3 Å². The van der Waals surface area contributed by atoms with Crippen LogP contribution in [0.4, 0.5) is 4.39 Å². The molecule has 0 unspecified atom stereocenters. The molecule has 0 aliphatic carbocycles. The number of nitrogens with zero attached hydrogens (tertiary/aromatic N) is 3. The molecular weight excluding hydrogens is 305 g/mol. The van der Waals surface area contributed by atoms with Gasteiger partial charge in [-0.15, -0.1) is 0 Å². The van der Waals surface area contributed by atoms with Crippen molar-refractivity contribution in [3.8, 4) is 0 Å². The van der Waals surface area contributed by atoms with E-state index in [0.717, 1.165) is 64.1 Å². The molecule has 1 aromatic carbocycles. The van der Waals surface area contributed by atoms with Gasteiger partial charge in [-0.05, 0) is 64.1 Å². The first kappa shape index (κ1) is 17.4. The quantitative estimate of drug-likeness (QED) is 0.826. The van der Waals surface area contributed by atoms with E-state index in [1.165, 1.54) is 12.1 Å². The van der Waals surface area contributed by atoms with Gasteiger partial charge in [0, 0.05) is 26.2 Å². The maximum atomic E-state index is 13.0. The molecule has 1 aromatic rings. The topological polar surface area (TPSA) is 26.8 Å². The minimum Gasteiger partial charge on any atom is -0.341 e. The second-order valence-electron chi connectivity index (χ2n) is 7.53. The standard InChI is InChI=1S/C19H28FN3O/c1-21(2)13-14-23-12-9-19(18(23)24)7-10-22(11-8-19)15-16-3-5-17(20)6-4-16/h3-6H,7-15H2,1-2H3. The normalized spacial score (nSPS) is 21.2. The average Bonchev–Trinajstić information content (AvgIpc) is 2.86. The Balaban J connectivity index is 1.53. The summed E-state index contributed by atoms with van der Waals surface area (Å²) < 4.78 is 13.0. The smallest absolute Gasteiger partial charge is 0.228 e. The van der Waals surface area contributed by atoms with Gasteiger partial charge in [0.15, 0.2) is 0 Å². The Morgan fingerprint density at radius 2 is 1.71 bits per heavy atom. The predicted octanol–water partition coefficient (Wildman–Crippen LogP) is 2.20. The fourth-order valence-corrected chi connectivity index (χ4v) is 3.88.